The highest BCUT2D eigenvalue weighted by Gasteiger charge is 2.25. The molecule has 1 atom stereocenters. The Morgan fingerprint density at radius 1 is 1.17 bits per heavy atom. The van der Waals surface area contributed by atoms with Gasteiger partial charge in [-0.2, -0.15) is 0 Å². The van der Waals surface area contributed by atoms with E-state index in [2.05, 4.69) is 10.3 Å². The first kappa shape index (κ1) is 12.4. The first-order valence-electron chi connectivity index (χ1n) is 5.81. The fraction of sp³-hybridized carbons (Fsp3) is 0.214. The summed E-state index contributed by atoms with van der Waals surface area (Å²) in [4.78, 5) is 4.19. The molecule has 0 fully saturated rings. The van der Waals surface area contributed by atoms with Crippen molar-refractivity contribution in [2.24, 2.45) is 0 Å². The van der Waals surface area contributed by atoms with Gasteiger partial charge in [0.1, 0.15) is 11.6 Å². The number of nitrogens with one attached hydrogen (secondary N) is 1. The molecule has 0 aliphatic heterocycles. The molecule has 0 saturated carbocycles. The van der Waals surface area contributed by atoms with E-state index in [1.807, 2.05) is 49.4 Å². The van der Waals surface area contributed by atoms with Crippen LogP contribution in [0.3, 0.4) is 0 Å². The van der Waals surface area contributed by atoms with Crippen LogP contribution in [0.2, 0.25) is 0 Å². The molecule has 4 heteroatoms. The van der Waals surface area contributed by atoms with E-state index in [1.54, 1.807) is 6.07 Å². The maximum Gasteiger partial charge on any atom is 0.129 e. The lowest BCUT2D eigenvalue weighted by molar-refractivity contribution is 0.223. The molecule has 0 aliphatic rings. The standard InChI is InChI=1S/C14H17N3O/c1-14(10-18,11-6-3-2-4-7-11)17-13-9-5-8-12(15)16-13/h2-9,18H,10H2,1H3,(H3,15,16,17). The molecule has 1 heterocycles. The first-order valence-corrected chi connectivity index (χ1v) is 5.81. The molecule has 0 bridgehead atoms. The number of hydrogen-bond acceptors (Lipinski definition) is 4. The summed E-state index contributed by atoms with van der Waals surface area (Å²) in [6, 6.07) is 15.1. The quantitative estimate of drug-likeness (QED) is 0.768. The molecule has 4 N–H and O–H groups in total. The van der Waals surface area contributed by atoms with Gasteiger partial charge in [0.05, 0.1) is 12.1 Å². The molecule has 2 rings (SSSR count). The van der Waals surface area contributed by atoms with Gasteiger partial charge in [-0.05, 0) is 24.6 Å². The fourth-order valence-electron chi connectivity index (χ4n) is 1.81. The van der Waals surface area contributed by atoms with Gasteiger partial charge < -0.3 is 16.2 Å². The molecular weight excluding hydrogens is 226 g/mol. The minimum atomic E-state index is -0.581. The summed E-state index contributed by atoms with van der Waals surface area (Å²) in [5.41, 5.74) is 6.06. The molecule has 1 aromatic heterocycles. The molecular formula is C14H17N3O. The van der Waals surface area contributed by atoms with Gasteiger partial charge in [0.15, 0.2) is 0 Å². The number of nitrogens with zero attached hydrogens (tertiary/aromatic N) is 1. The van der Waals surface area contributed by atoms with E-state index in [0.717, 1.165) is 5.56 Å². The molecule has 1 unspecified atom stereocenters. The summed E-state index contributed by atoms with van der Waals surface area (Å²) in [7, 11) is 0. The molecule has 18 heavy (non-hydrogen) atoms. The van der Waals surface area contributed by atoms with E-state index >= 15 is 0 Å². The Bertz CT molecular complexity index is 515. The summed E-state index contributed by atoms with van der Waals surface area (Å²) in [6.45, 7) is 1.89. The predicted octanol–water partition coefficient (Wildman–Crippen LogP) is 1.98. The lowest BCUT2D eigenvalue weighted by Gasteiger charge is -2.30. The van der Waals surface area contributed by atoms with Crippen molar-refractivity contribution in [2.45, 2.75) is 12.5 Å². The van der Waals surface area contributed by atoms with E-state index in [0.29, 0.717) is 11.6 Å². The molecule has 94 valence electrons. The van der Waals surface area contributed by atoms with Gasteiger partial charge in [-0.25, -0.2) is 4.98 Å². The number of rotatable bonds is 4. The highest BCUT2D eigenvalue weighted by molar-refractivity contribution is 5.46. The molecule has 0 saturated heterocycles. The number of aliphatic hydroxyl groups is 1. The monoisotopic (exact) mass is 243 g/mol. The smallest absolute Gasteiger partial charge is 0.129 e. The molecule has 0 amide bonds. The van der Waals surface area contributed by atoms with Crippen molar-refractivity contribution in [2.75, 3.05) is 17.7 Å². The number of benzene rings is 1. The Balaban J connectivity index is 2.29. The highest BCUT2D eigenvalue weighted by atomic mass is 16.3. The van der Waals surface area contributed by atoms with Gasteiger partial charge in [0, 0.05) is 0 Å². The zero-order valence-corrected chi connectivity index (χ0v) is 10.3. The van der Waals surface area contributed by atoms with Crippen molar-refractivity contribution in [1.82, 2.24) is 4.98 Å². The number of aromatic nitrogens is 1. The second kappa shape index (κ2) is 5.06. The van der Waals surface area contributed by atoms with E-state index in [9.17, 15) is 5.11 Å². The Morgan fingerprint density at radius 3 is 2.50 bits per heavy atom. The zero-order valence-electron chi connectivity index (χ0n) is 10.3. The summed E-state index contributed by atoms with van der Waals surface area (Å²) < 4.78 is 0. The second-order valence-electron chi connectivity index (χ2n) is 4.43. The van der Waals surface area contributed by atoms with Crippen LogP contribution in [-0.2, 0) is 5.54 Å². The number of aliphatic hydroxyl groups excluding tert-OH is 1. The van der Waals surface area contributed by atoms with Crippen LogP contribution in [0.25, 0.3) is 0 Å². The Labute approximate surface area is 106 Å². The van der Waals surface area contributed by atoms with Crippen LogP contribution < -0.4 is 11.1 Å². The Kier molecular flexibility index (Phi) is 3.48. The average molecular weight is 243 g/mol. The molecule has 1 aromatic carbocycles. The zero-order chi connectivity index (χ0) is 13.0. The third-order valence-corrected chi connectivity index (χ3v) is 2.90. The van der Waals surface area contributed by atoms with Crippen molar-refractivity contribution in [3.8, 4) is 0 Å². The minimum absolute atomic E-state index is 0.0342. The van der Waals surface area contributed by atoms with Crippen LogP contribution in [0.5, 0.6) is 0 Å². The van der Waals surface area contributed by atoms with E-state index in [-0.39, 0.29) is 6.61 Å². The maximum absolute atomic E-state index is 9.65. The van der Waals surface area contributed by atoms with Gasteiger partial charge in [-0.1, -0.05) is 36.4 Å². The molecule has 0 aliphatic carbocycles. The van der Waals surface area contributed by atoms with E-state index in [4.69, 9.17) is 5.73 Å². The lowest BCUT2D eigenvalue weighted by atomic mass is 9.93. The van der Waals surface area contributed by atoms with Crippen LogP contribution in [0, 0.1) is 0 Å². The normalized spacial score (nSPS) is 13.9. The topological polar surface area (TPSA) is 71.2 Å². The summed E-state index contributed by atoms with van der Waals surface area (Å²) >= 11 is 0. The van der Waals surface area contributed by atoms with E-state index < -0.39 is 5.54 Å². The number of pyridine rings is 1. The van der Waals surface area contributed by atoms with Crippen molar-refractivity contribution < 1.29 is 5.11 Å². The summed E-state index contributed by atoms with van der Waals surface area (Å²) in [6.07, 6.45) is 0. The SMILES string of the molecule is CC(CO)(Nc1cccc(N)n1)c1ccccc1. The van der Waals surface area contributed by atoms with Gasteiger partial charge >= 0.3 is 0 Å². The van der Waals surface area contributed by atoms with Crippen LogP contribution in [0.1, 0.15) is 12.5 Å². The van der Waals surface area contributed by atoms with Crippen LogP contribution in [0.4, 0.5) is 11.6 Å². The minimum Gasteiger partial charge on any atom is -0.394 e. The number of nitrogen functional groups attached to an aromatic ring is 1. The Morgan fingerprint density at radius 2 is 1.89 bits per heavy atom. The van der Waals surface area contributed by atoms with Crippen molar-refractivity contribution in [3.63, 3.8) is 0 Å². The van der Waals surface area contributed by atoms with Crippen molar-refractivity contribution in [3.05, 3.63) is 54.1 Å². The van der Waals surface area contributed by atoms with Crippen LogP contribution in [-0.4, -0.2) is 16.7 Å². The predicted molar refractivity (Wildman–Crippen MR) is 73.2 cm³/mol. The molecule has 4 nitrogen and oxygen atoms in total. The van der Waals surface area contributed by atoms with E-state index in [1.165, 1.54) is 0 Å². The van der Waals surface area contributed by atoms with Crippen molar-refractivity contribution >= 4 is 11.6 Å². The van der Waals surface area contributed by atoms with Gasteiger partial charge in [-0.15, -0.1) is 0 Å². The summed E-state index contributed by atoms with van der Waals surface area (Å²) in [5, 5.41) is 12.9. The summed E-state index contributed by atoms with van der Waals surface area (Å²) in [5.74, 6) is 1.10. The fourth-order valence-corrected chi connectivity index (χ4v) is 1.81. The van der Waals surface area contributed by atoms with Crippen molar-refractivity contribution in [1.29, 1.82) is 0 Å². The number of hydrogen-bond donors (Lipinski definition) is 3. The van der Waals surface area contributed by atoms with Gasteiger partial charge in [0.2, 0.25) is 0 Å². The molecule has 2 aromatic rings. The van der Waals surface area contributed by atoms with Gasteiger partial charge in [-0.3, -0.25) is 0 Å². The lowest BCUT2D eigenvalue weighted by Crippen LogP contribution is -2.36. The molecule has 0 radical (unpaired) electrons. The number of nitrogens with two attached hydrogens (primary N) is 1. The first-order chi connectivity index (χ1) is 8.64. The second-order valence-corrected chi connectivity index (χ2v) is 4.43. The molecule has 0 spiro atoms. The largest absolute Gasteiger partial charge is 0.394 e. The number of anilines is 2. The van der Waals surface area contributed by atoms with Crippen LogP contribution in [0.15, 0.2) is 48.5 Å². The van der Waals surface area contributed by atoms with Crippen LogP contribution >= 0.6 is 0 Å². The average Bonchev–Trinajstić information content (AvgIpc) is 2.39. The third kappa shape index (κ3) is 2.60. The third-order valence-electron chi connectivity index (χ3n) is 2.90. The maximum atomic E-state index is 9.65. The highest BCUT2D eigenvalue weighted by Crippen LogP contribution is 2.24. The Hall–Kier alpha value is -2.07. The van der Waals surface area contributed by atoms with Gasteiger partial charge in [0.25, 0.3) is 0 Å².